The van der Waals surface area contributed by atoms with E-state index in [2.05, 4.69) is 77.2 Å². The summed E-state index contributed by atoms with van der Waals surface area (Å²) < 4.78 is 1.32. The lowest BCUT2D eigenvalue weighted by atomic mass is 10.0. The standard InChI is InChI=1S/C17H19I/c18-17-13-11-16(12-14-17)10-6-2-5-9-15-7-3-1-4-8-15/h1,3-4,7-8,11-14H,2,5-6,9-10H2. The van der Waals surface area contributed by atoms with E-state index in [1.807, 2.05) is 0 Å². The topological polar surface area (TPSA) is 0 Å². The monoisotopic (exact) mass is 350 g/mol. The molecule has 94 valence electrons. The molecule has 1 heteroatoms. The summed E-state index contributed by atoms with van der Waals surface area (Å²) in [5, 5.41) is 0. The van der Waals surface area contributed by atoms with Crippen LogP contribution >= 0.6 is 22.6 Å². The smallest absolute Gasteiger partial charge is 0.0130 e. The molecule has 0 aliphatic carbocycles. The molecule has 0 amide bonds. The Morgan fingerprint density at radius 1 is 0.611 bits per heavy atom. The minimum Gasteiger partial charge on any atom is -0.0622 e. The largest absolute Gasteiger partial charge is 0.0622 e. The van der Waals surface area contributed by atoms with Crippen LogP contribution in [0.4, 0.5) is 0 Å². The van der Waals surface area contributed by atoms with Crippen molar-refractivity contribution in [2.45, 2.75) is 32.1 Å². The van der Waals surface area contributed by atoms with Gasteiger partial charge < -0.3 is 0 Å². The van der Waals surface area contributed by atoms with Crippen LogP contribution in [0.2, 0.25) is 0 Å². The number of aryl methyl sites for hydroxylation is 2. The van der Waals surface area contributed by atoms with E-state index >= 15 is 0 Å². The summed E-state index contributed by atoms with van der Waals surface area (Å²) in [5.41, 5.74) is 2.93. The van der Waals surface area contributed by atoms with Gasteiger partial charge in [0.25, 0.3) is 0 Å². The average Bonchev–Trinajstić information content (AvgIpc) is 2.42. The van der Waals surface area contributed by atoms with Gasteiger partial charge in [0.15, 0.2) is 0 Å². The highest BCUT2D eigenvalue weighted by Gasteiger charge is 1.95. The number of rotatable bonds is 6. The van der Waals surface area contributed by atoms with Crippen LogP contribution in [0.1, 0.15) is 30.4 Å². The first-order chi connectivity index (χ1) is 8.84. The molecule has 0 aromatic heterocycles. The predicted octanol–water partition coefficient (Wildman–Crippen LogP) is 5.25. The van der Waals surface area contributed by atoms with Crippen molar-refractivity contribution in [1.82, 2.24) is 0 Å². The second-order valence-electron chi connectivity index (χ2n) is 4.67. The maximum absolute atomic E-state index is 2.35. The van der Waals surface area contributed by atoms with Crippen molar-refractivity contribution in [3.05, 3.63) is 69.3 Å². The Hall–Kier alpha value is -0.830. The first-order valence-corrected chi connectivity index (χ1v) is 7.71. The molecule has 0 N–H and O–H groups in total. The average molecular weight is 350 g/mol. The van der Waals surface area contributed by atoms with Crippen molar-refractivity contribution in [2.75, 3.05) is 0 Å². The van der Waals surface area contributed by atoms with Gasteiger partial charge in [-0.15, -0.1) is 0 Å². The lowest BCUT2D eigenvalue weighted by molar-refractivity contribution is 0.678. The Morgan fingerprint density at radius 3 is 1.78 bits per heavy atom. The van der Waals surface area contributed by atoms with Gasteiger partial charge in [-0.05, 0) is 71.5 Å². The van der Waals surface area contributed by atoms with Crippen LogP contribution in [-0.2, 0) is 12.8 Å². The van der Waals surface area contributed by atoms with E-state index < -0.39 is 0 Å². The van der Waals surface area contributed by atoms with Crippen LogP contribution in [-0.4, -0.2) is 0 Å². The first kappa shape index (κ1) is 13.6. The Morgan fingerprint density at radius 2 is 1.17 bits per heavy atom. The maximum Gasteiger partial charge on any atom is 0.0130 e. The molecule has 0 aliphatic heterocycles. The van der Waals surface area contributed by atoms with Gasteiger partial charge in [-0.2, -0.15) is 0 Å². The molecule has 0 radical (unpaired) electrons. The van der Waals surface area contributed by atoms with Gasteiger partial charge in [-0.1, -0.05) is 48.9 Å². The Bertz CT molecular complexity index is 445. The van der Waals surface area contributed by atoms with Gasteiger partial charge in [-0.25, -0.2) is 0 Å². The fraction of sp³-hybridized carbons (Fsp3) is 0.294. The SMILES string of the molecule is Ic1ccc(CCCCCc2ccccc2)cc1. The highest BCUT2D eigenvalue weighted by atomic mass is 127. The third kappa shape index (κ3) is 4.81. The Kier molecular flexibility index (Phi) is 5.72. The zero-order valence-corrected chi connectivity index (χ0v) is 12.8. The molecule has 0 spiro atoms. The van der Waals surface area contributed by atoms with E-state index in [1.165, 1.54) is 46.8 Å². The van der Waals surface area contributed by atoms with Gasteiger partial charge in [0.05, 0.1) is 0 Å². The van der Waals surface area contributed by atoms with Crippen LogP contribution < -0.4 is 0 Å². The third-order valence-electron chi connectivity index (χ3n) is 3.19. The van der Waals surface area contributed by atoms with Gasteiger partial charge >= 0.3 is 0 Å². The first-order valence-electron chi connectivity index (χ1n) is 6.63. The van der Waals surface area contributed by atoms with Crippen LogP contribution in [0, 0.1) is 3.57 Å². The minimum atomic E-state index is 1.21. The fourth-order valence-corrected chi connectivity index (χ4v) is 2.49. The van der Waals surface area contributed by atoms with E-state index in [0.717, 1.165) is 0 Å². The number of halogens is 1. The van der Waals surface area contributed by atoms with Crippen LogP contribution in [0.3, 0.4) is 0 Å². The summed E-state index contributed by atoms with van der Waals surface area (Å²) in [4.78, 5) is 0. The highest BCUT2D eigenvalue weighted by molar-refractivity contribution is 14.1. The number of unbranched alkanes of at least 4 members (excludes halogenated alkanes) is 2. The molecule has 0 atom stereocenters. The molecule has 18 heavy (non-hydrogen) atoms. The summed E-state index contributed by atoms with van der Waals surface area (Å²) in [6.07, 6.45) is 6.35. The molecule has 2 aromatic carbocycles. The summed E-state index contributed by atoms with van der Waals surface area (Å²) in [7, 11) is 0. The molecular weight excluding hydrogens is 331 g/mol. The minimum absolute atomic E-state index is 1.21. The summed E-state index contributed by atoms with van der Waals surface area (Å²) in [5.74, 6) is 0. The summed E-state index contributed by atoms with van der Waals surface area (Å²) >= 11 is 2.35. The lowest BCUT2D eigenvalue weighted by Gasteiger charge is -2.03. The van der Waals surface area contributed by atoms with Gasteiger partial charge in [0, 0.05) is 3.57 Å². The molecule has 2 aromatic rings. The molecule has 0 unspecified atom stereocenters. The quantitative estimate of drug-likeness (QED) is 0.493. The van der Waals surface area contributed by atoms with Gasteiger partial charge in [-0.3, -0.25) is 0 Å². The van der Waals surface area contributed by atoms with Crippen molar-refractivity contribution in [1.29, 1.82) is 0 Å². The maximum atomic E-state index is 2.35. The third-order valence-corrected chi connectivity index (χ3v) is 3.91. The fourth-order valence-electron chi connectivity index (χ4n) is 2.13. The Labute approximate surface area is 124 Å². The van der Waals surface area contributed by atoms with Crippen LogP contribution in [0.25, 0.3) is 0 Å². The van der Waals surface area contributed by atoms with E-state index in [4.69, 9.17) is 0 Å². The molecular formula is C17H19I. The van der Waals surface area contributed by atoms with E-state index in [-0.39, 0.29) is 0 Å². The molecule has 0 aliphatic rings. The van der Waals surface area contributed by atoms with Crippen molar-refractivity contribution in [3.63, 3.8) is 0 Å². The van der Waals surface area contributed by atoms with Crippen molar-refractivity contribution < 1.29 is 0 Å². The van der Waals surface area contributed by atoms with Crippen LogP contribution in [0.5, 0.6) is 0 Å². The molecule has 0 saturated carbocycles. The summed E-state index contributed by atoms with van der Waals surface area (Å²) in [6, 6.07) is 19.7. The Balaban J connectivity index is 1.63. The van der Waals surface area contributed by atoms with E-state index in [0.29, 0.717) is 0 Å². The number of hydrogen-bond donors (Lipinski definition) is 0. The zero-order valence-electron chi connectivity index (χ0n) is 10.6. The molecule has 0 bridgehead atoms. The van der Waals surface area contributed by atoms with Crippen molar-refractivity contribution in [3.8, 4) is 0 Å². The second-order valence-corrected chi connectivity index (χ2v) is 5.92. The van der Waals surface area contributed by atoms with Crippen molar-refractivity contribution >= 4 is 22.6 Å². The second kappa shape index (κ2) is 7.57. The van der Waals surface area contributed by atoms with E-state index in [1.54, 1.807) is 0 Å². The molecule has 0 heterocycles. The van der Waals surface area contributed by atoms with Crippen molar-refractivity contribution in [2.24, 2.45) is 0 Å². The predicted molar refractivity (Wildman–Crippen MR) is 86.9 cm³/mol. The molecule has 0 saturated heterocycles. The molecule has 2 rings (SSSR count). The number of benzene rings is 2. The van der Waals surface area contributed by atoms with Crippen LogP contribution in [0.15, 0.2) is 54.6 Å². The zero-order chi connectivity index (χ0) is 12.6. The normalized spacial score (nSPS) is 10.5. The summed E-state index contributed by atoms with van der Waals surface area (Å²) in [6.45, 7) is 0. The highest BCUT2D eigenvalue weighted by Crippen LogP contribution is 2.11. The lowest BCUT2D eigenvalue weighted by Crippen LogP contribution is -1.88. The molecule has 0 fully saturated rings. The van der Waals surface area contributed by atoms with Gasteiger partial charge in [0.1, 0.15) is 0 Å². The number of hydrogen-bond acceptors (Lipinski definition) is 0. The van der Waals surface area contributed by atoms with E-state index in [9.17, 15) is 0 Å². The van der Waals surface area contributed by atoms with Gasteiger partial charge in [0.2, 0.25) is 0 Å². The molecule has 0 nitrogen and oxygen atoms in total.